The summed E-state index contributed by atoms with van der Waals surface area (Å²) in [7, 11) is -2.31. The third-order valence-electron chi connectivity index (χ3n) is 9.89. The van der Waals surface area contributed by atoms with Crippen molar-refractivity contribution in [3.05, 3.63) is 71.8 Å². The molecule has 262 valence electrons. The van der Waals surface area contributed by atoms with E-state index in [-0.39, 0.29) is 13.2 Å². The molecule has 3 aliphatic rings. The zero-order chi connectivity index (χ0) is 33.9. The molecule has 0 radical (unpaired) electrons. The van der Waals surface area contributed by atoms with E-state index >= 15 is 0 Å². The second kappa shape index (κ2) is 15.5. The quantitative estimate of drug-likeness (QED) is 0.233. The SMILES string of the molecule is CC(C)[Si](O[C@@H]1O[C@@H](C)[C@H](O[C@@H]2OC[C@@H](OCc3ccccc3)[C@H](O)[C@H]2OCc2ccccc2)[C@H]2OC(C)(C)O[C@@H]12)(C(C)C)C(C)C. The minimum atomic E-state index is -2.31. The first kappa shape index (κ1) is 36.6. The van der Waals surface area contributed by atoms with Crippen molar-refractivity contribution < 1.29 is 42.7 Å². The molecular weight excluding hydrogens is 616 g/mol. The maximum atomic E-state index is 11.6. The molecule has 47 heavy (non-hydrogen) atoms. The third-order valence-corrected chi connectivity index (χ3v) is 15.9. The van der Waals surface area contributed by atoms with Gasteiger partial charge in [-0.15, -0.1) is 0 Å². The molecule has 3 heterocycles. The fourth-order valence-corrected chi connectivity index (χ4v) is 13.1. The monoisotopic (exact) mass is 672 g/mol. The van der Waals surface area contributed by atoms with Crippen LogP contribution in [0.3, 0.4) is 0 Å². The van der Waals surface area contributed by atoms with Crippen LogP contribution in [0.1, 0.15) is 73.4 Å². The first-order valence-electron chi connectivity index (χ1n) is 17.3. The van der Waals surface area contributed by atoms with Gasteiger partial charge >= 0.3 is 0 Å². The number of hydrogen-bond donors (Lipinski definition) is 1. The molecule has 0 saturated carbocycles. The molecule has 3 aliphatic heterocycles. The van der Waals surface area contributed by atoms with E-state index in [4.69, 9.17) is 37.6 Å². The van der Waals surface area contributed by atoms with Gasteiger partial charge in [-0.25, -0.2) is 0 Å². The van der Waals surface area contributed by atoms with Crippen molar-refractivity contribution in [3.8, 4) is 0 Å². The molecule has 0 spiro atoms. The first-order chi connectivity index (χ1) is 22.3. The van der Waals surface area contributed by atoms with Gasteiger partial charge in [0, 0.05) is 0 Å². The molecular formula is C37H56O9Si. The lowest BCUT2D eigenvalue weighted by Crippen LogP contribution is -2.63. The highest BCUT2D eigenvalue weighted by atomic mass is 28.4. The highest BCUT2D eigenvalue weighted by molar-refractivity contribution is 6.77. The van der Waals surface area contributed by atoms with Crippen LogP contribution in [0.15, 0.2) is 60.7 Å². The maximum absolute atomic E-state index is 11.6. The maximum Gasteiger partial charge on any atom is 0.203 e. The van der Waals surface area contributed by atoms with Crippen molar-refractivity contribution in [1.29, 1.82) is 0 Å². The molecule has 0 unspecified atom stereocenters. The van der Waals surface area contributed by atoms with Crippen molar-refractivity contribution in [2.75, 3.05) is 6.61 Å². The predicted octanol–water partition coefficient (Wildman–Crippen LogP) is 6.72. The van der Waals surface area contributed by atoms with E-state index in [1.54, 1.807) is 0 Å². The third kappa shape index (κ3) is 8.20. The summed E-state index contributed by atoms with van der Waals surface area (Å²) in [6.45, 7) is 20.1. The second-order valence-electron chi connectivity index (χ2n) is 14.6. The van der Waals surface area contributed by atoms with Crippen molar-refractivity contribution in [2.24, 2.45) is 0 Å². The van der Waals surface area contributed by atoms with Crippen molar-refractivity contribution in [1.82, 2.24) is 0 Å². The summed E-state index contributed by atoms with van der Waals surface area (Å²) >= 11 is 0. The average molecular weight is 673 g/mol. The van der Waals surface area contributed by atoms with Gasteiger partial charge in [-0.2, -0.15) is 0 Å². The molecule has 9 atom stereocenters. The van der Waals surface area contributed by atoms with Crippen LogP contribution in [0, 0.1) is 0 Å². The molecule has 0 aliphatic carbocycles. The average Bonchev–Trinajstić information content (AvgIpc) is 3.36. The Balaban J connectivity index is 1.35. The molecule has 10 heteroatoms. The van der Waals surface area contributed by atoms with Crippen LogP contribution in [-0.4, -0.2) is 81.1 Å². The lowest BCUT2D eigenvalue weighted by molar-refractivity contribution is -0.334. The molecule has 2 aromatic carbocycles. The minimum Gasteiger partial charge on any atom is -0.389 e. The molecule has 2 aromatic rings. The molecule has 0 amide bonds. The highest BCUT2D eigenvalue weighted by Gasteiger charge is 2.59. The Labute approximate surface area is 282 Å². The zero-order valence-corrected chi connectivity index (χ0v) is 30.5. The van der Waals surface area contributed by atoms with Gasteiger partial charge in [0.25, 0.3) is 0 Å². The Morgan fingerprint density at radius 3 is 1.85 bits per heavy atom. The van der Waals surface area contributed by atoms with Gasteiger partial charge in [-0.3, -0.25) is 0 Å². The molecule has 1 N–H and O–H groups in total. The van der Waals surface area contributed by atoms with Gasteiger partial charge in [0.1, 0.15) is 36.6 Å². The number of hydrogen-bond acceptors (Lipinski definition) is 9. The summed E-state index contributed by atoms with van der Waals surface area (Å²) in [6, 6.07) is 19.7. The molecule has 3 saturated heterocycles. The molecule has 5 rings (SSSR count). The van der Waals surface area contributed by atoms with Crippen LogP contribution in [0.5, 0.6) is 0 Å². The number of fused-ring (bicyclic) bond motifs is 1. The number of rotatable bonds is 13. The van der Waals surface area contributed by atoms with Gasteiger partial charge in [0.15, 0.2) is 18.4 Å². The molecule has 3 fully saturated rings. The van der Waals surface area contributed by atoms with Gasteiger partial charge in [0.05, 0.1) is 25.9 Å². The molecule has 0 bridgehead atoms. The Bertz CT molecular complexity index is 1220. The van der Waals surface area contributed by atoms with Crippen LogP contribution in [0.4, 0.5) is 0 Å². The van der Waals surface area contributed by atoms with E-state index in [9.17, 15) is 5.11 Å². The second-order valence-corrected chi connectivity index (χ2v) is 20.0. The summed E-state index contributed by atoms with van der Waals surface area (Å²) in [6.07, 6.45) is -5.92. The van der Waals surface area contributed by atoms with Gasteiger partial charge in [0.2, 0.25) is 8.32 Å². The van der Waals surface area contributed by atoms with Crippen LogP contribution in [0.25, 0.3) is 0 Å². The lowest BCUT2D eigenvalue weighted by Gasteiger charge is -2.49. The van der Waals surface area contributed by atoms with E-state index in [1.807, 2.05) is 81.4 Å². The number of ether oxygens (including phenoxy) is 7. The van der Waals surface area contributed by atoms with Crippen molar-refractivity contribution in [2.45, 2.75) is 153 Å². The molecule has 0 aromatic heterocycles. The topological polar surface area (TPSA) is 94.1 Å². The first-order valence-corrected chi connectivity index (χ1v) is 19.4. The van der Waals surface area contributed by atoms with E-state index in [0.29, 0.717) is 23.2 Å². The van der Waals surface area contributed by atoms with Crippen LogP contribution < -0.4 is 0 Å². The van der Waals surface area contributed by atoms with Gasteiger partial charge in [-0.05, 0) is 48.5 Å². The van der Waals surface area contributed by atoms with E-state index < -0.39 is 69.4 Å². The Hall–Kier alpha value is -1.70. The van der Waals surface area contributed by atoms with E-state index in [2.05, 4.69) is 41.5 Å². The number of aliphatic hydroxyl groups is 1. The minimum absolute atomic E-state index is 0.139. The fourth-order valence-electron chi connectivity index (χ4n) is 7.70. The van der Waals surface area contributed by atoms with E-state index in [0.717, 1.165) is 11.1 Å². The fraction of sp³-hybridized carbons (Fsp3) is 0.676. The largest absolute Gasteiger partial charge is 0.389 e. The van der Waals surface area contributed by atoms with Crippen LogP contribution in [-0.2, 0) is 50.8 Å². The predicted molar refractivity (Wildman–Crippen MR) is 181 cm³/mol. The van der Waals surface area contributed by atoms with Gasteiger partial charge < -0.3 is 42.7 Å². The Kier molecular flexibility index (Phi) is 12.0. The summed E-state index contributed by atoms with van der Waals surface area (Å²) in [5.41, 5.74) is 3.11. The lowest BCUT2D eigenvalue weighted by atomic mass is 9.99. The van der Waals surface area contributed by atoms with Crippen LogP contribution >= 0.6 is 0 Å². The highest BCUT2D eigenvalue weighted by Crippen LogP contribution is 2.47. The van der Waals surface area contributed by atoms with Crippen molar-refractivity contribution in [3.63, 3.8) is 0 Å². The van der Waals surface area contributed by atoms with Gasteiger partial charge in [-0.1, -0.05) is 102 Å². The number of benzene rings is 2. The van der Waals surface area contributed by atoms with E-state index in [1.165, 1.54) is 0 Å². The van der Waals surface area contributed by atoms with Crippen molar-refractivity contribution >= 4 is 8.32 Å². The summed E-state index contributed by atoms with van der Waals surface area (Å²) in [5, 5.41) is 11.6. The standard InChI is InChI=1S/C37H56O9Si/c1-23(2)47(24(3)4,25(5)6)46-36-34-33(44-37(8,9)45-34)31(26(7)42-36)43-35-32(40-21-28-18-14-11-15-19-28)30(38)29(22-41-35)39-20-27-16-12-10-13-17-27/h10-19,23-26,29-36,38H,20-22H2,1-9H3/t26-,29+,30-,31-,32+,33+,34+,35-,36-/m0/s1. The molecule has 9 nitrogen and oxygen atoms in total. The normalized spacial score (nSPS) is 32.7. The van der Waals surface area contributed by atoms with Crippen LogP contribution in [0.2, 0.25) is 16.6 Å². The zero-order valence-electron chi connectivity index (χ0n) is 29.5. The smallest absolute Gasteiger partial charge is 0.203 e. The summed E-state index contributed by atoms with van der Waals surface area (Å²) in [4.78, 5) is 0. The number of aliphatic hydroxyl groups excluding tert-OH is 1. The summed E-state index contributed by atoms with van der Waals surface area (Å²) in [5.74, 6) is -0.865. The summed E-state index contributed by atoms with van der Waals surface area (Å²) < 4.78 is 52.3. The Morgan fingerprint density at radius 2 is 1.30 bits per heavy atom. The Morgan fingerprint density at radius 1 is 0.766 bits per heavy atom.